The Morgan fingerprint density at radius 3 is 2.67 bits per heavy atom. The smallest absolute Gasteiger partial charge is 0.111 e. The summed E-state index contributed by atoms with van der Waals surface area (Å²) in [6, 6.07) is 6.04. The van der Waals surface area contributed by atoms with Gasteiger partial charge in [-0.2, -0.15) is 0 Å². The first-order valence-electron chi connectivity index (χ1n) is 6.98. The van der Waals surface area contributed by atoms with Crippen molar-refractivity contribution in [3.8, 4) is 0 Å². The highest BCUT2D eigenvalue weighted by Crippen LogP contribution is 2.34. The molecule has 21 heavy (non-hydrogen) atoms. The van der Waals surface area contributed by atoms with E-state index in [4.69, 9.17) is 17.0 Å². The average Bonchev–Trinajstić information content (AvgIpc) is 2.75. The van der Waals surface area contributed by atoms with Gasteiger partial charge in [-0.1, -0.05) is 48.1 Å². The lowest BCUT2D eigenvalue weighted by atomic mass is 9.83. The van der Waals surface area contributed by atoms with Crippen LogP contribution in [-0.2, 0) is 4.74 Å². The minimum absolute atomic E-state index is 0.281. The Morgan fingerprint density at radius 2 is 2.00 bits per heavy atom. The molecule has 0 bridgehead atoms. The van der Waals surface area contributed by atoms with E-state index < -0.39 is 24.4 Å². The van der Waals surface area contributed by atoms with Crippen LogP contribution in [0.5, 0.6) is 0 Å². The van der Waals surface area contributed by atoms with Crippen molar-refractivity contribution in [2.45, 2.75) is 31.3 Å². The molecule has 3 unspecified atom stereocenters. The molecule has 0 spiro atoms. The van der Waals surface area contributed by atoms with Gasteiger partial charge in [0.05, 0.1) is 12.7 Å². The van der Waals surface area contributed by atoms with E-state index in [0.29, 0.717) is 4.86 Å². The summed E-state index contributed by atoms with van der Waals surface area (Å²) < 4.78 is 5.60. The predicted octanol–water partition coefficient (Wildman–Crippen LogP) is 0.838. The van der Waals surface area contributed by atoms with Crippen LogP contribution in [0.3, 0.4) is 0 Å². The molecule has 1 saturated heterocycles. The van der Waals surface area contributed by atoms with Crippen LogP contribution in [-0.4, -0.2) is 51.2 Å². The maximum atomic E-state index is 10.1. The first-order chi connectivity index (χ1) is 10.0. The Morgan fingerprint density at radius 1 is 1.24 bits per heavy atom. The summed E-state index contributed by atoms with van der Waals surface area (Å²) in [5.41, 5.74) is 3.18. The summed E-state index contributed by atoms with van der Waals surface area (Å²) in [5, 5.41) is 29.2. The minimum Gasteiger partial charge on any atom is -0.394 e. The molecule has 2 aliphatic rings. The van der Waals surface area contributed by atoms with Gasteiger partial charge in [-0.15, -0.1) is 0 Å². The molecule has 1 fully saturated rings. The van der Waals surface area contributed by atoms with Crippen molar-refractivity contribution < 1.29 is 20.1 Å². The third-order valence-corrected chi connectivity index (χ3v) is 4.68. The molecule has 1 aromatic carbocycles. The van der Waals surface area contributed by atoms with Gasteiger partial charge in [-0.05, 0) is 18.1 Å². The van der Waals surface area contributed by atoms with E-state index in [-0.39, 0.29) is 12.5 Å². The summed E-state index contributed by atoms with van der Waals surface area (Å²) in [5.74, 6) is -0.281. The number of aliphatic hydroxyl groups excluding tert-OH is 3. The summed E-state index contributed by atoms with van der Waals surface area (Å²) in [7, 11) is 0. The van der Waals surface area contributed by atoms with Gasteiger partial charge in [0.2, 0.25) is 0 Å². The molecule has 5 heteroatoms. The monoisotopic (exact) mass is 306 g/mol. The second-order valence-corrected chi connectivity index (χ2v) is 6.08. The van der Waals surface area contributed by atoms with Gasteiger partial charge in [0.1, 0.15) is 18.3 Å². The molecule has 1 aliphatic heterocycles. The maximum Gasteiger partial charge on any atom is 0.111 e. The topological polar surface area (TPSA) is 69.9 Å². The van der Waals surface area contributed by atoms with Crippen LogP contribution in [0.1, 0.15) is 16.7 Å². The van der Waals surface area contributed by atoms with E-state index >= 15 is 0 Å². The number of thiocarbonyl (C=S) groups is 1. The number of hydrogen-bond acceptors (Lipinski definition) is 5. The zero-order valence-corrected chi connectivity index (χ0v) is 12.5. The van der Waals surface area contributed by atoms with E-state index in [1.807, 2.05) is 31.2 Å². The minimum atomic E-state index is -1.09. The first-order valence-corrected chi connectivity index (χ1v) is 7.39. The molecule has 3 rings (SSSR count). The molecule has 0 saturated carbocycles. The maximum absolute atomic E-state index is 10.1. The summed E-state index contributed by atoms with van der Waals surface area (Å²) >= 11 is 5.54. The van der Waals surface area contributed by atoms with Crippen LogP contribution in [0.15, 0.2) is 24.3 Å². The van der Waals surface area contributed by atoms with Crippen molar-refractivity contribution in [3.63, 3.8) is 0 Å². The Balaban J connectivity index is 1.89. The molecule has 0 aromatic heterocycles. The zero-order valence-electron chi connectivity index (χ0n) is 11.6. The van der Waals surface area contributed by atoms with E-state index in [1.165, 1.54) is 0 Å². The van der Waals surface area contributed by atoms with Gasteiger partial charge in [-0.25, -0.2) is 0 Å². The molecule has 1 heterocycles. The number of aryl methyl sites for hydroxylation is 1. The Bertz CT molecular complexity index is 598. The number of hydrogen-bond donors (Lipinski definition) is 3. The van der Waals surface area contributed by atoms with Crippen LogP contribution in [0.4, 0.5) is 0 Å². The summed E-state index contributed by atoms with van der Waals surface area (Å²) in [4.78, 5) is 0.697. The Hall–Kier alpha value is -1.11. The molecular formula is C16H18O4S. The van der Waals surface area contributed by atoms with E-state index in [1.54, 1.807) is 0 Å². The standard InChI is InChI=1S/C16H18O4S/c1-8-2-4-10-9(6-8)3-5-11(16(10)21)15-14(19)13(18)12(7-17)20-15/h2-6,11-15,17-19H,7H2,1H3/t11?,12-,13?,14?,15+/m1/s1. The van der Waals surface area contributed by atoms with Gasteiger partial charge in [-0.3, -0.25) is 0 Å². The lowest BCUT2D eigenvalue weighted by Gasteiger charge is -2.27. The Kier molecular flexibility index (Phi) is 3.94. The van der Waals surface area contributed by atoms with Crippen LogP contribution in [0.25, 0.3) is 6.08 Å². The summed E-state index contributed by atoms with van der Waals surface area (Å²) in [6.07, 6.45) is 0.343. The van der Waals surface area contributed by atoms with Crippen molar-refractivity contribution in [3.05, 3.63) is 41.0 Å². The zero-order chi connectivity index (χ0) is 15.1. The number of rotatable bonds is 2. The van der Waals surface area contributed by atoms with E-state index in [9.17, 15) is 15.3 Å². The van der Waals surface area contributed by atoms with Crippen molar-refractivity contribution in [2.24, 2.45) is 5.92 Å². The largest absolute Gasteiger partial charge is 0.394 e. The second-order valence-electron chi connectivity index (χ2n) is 5.64. The fraction of sp³-hybridized carbons (Fsp3) is 0.438. The van der Waals surface area contributed by atoms with E-state index in [0.717, 1.165) is 16.7 Å². The second kappa shape index (κ2) is 5.59. The van der Waals surface area contributed by atoms with Gasteiger partial charge in [0.15, 0.2) is 0 Å². The molecular weight excluding hydrogens is 288 g/mol. The van der Waals surface area contributed by atoms with Gasteiger partial charge < -0.3 is 20.1 Å². The molecule has 5 atom stereocenters. The summed E-state index contributed by atoms with van der Waals surface area (Å²) in [6.45, 7) is 1.70. The average molecular weight is 306 g/mol. The van der Waals surface area contributed by atoms with Crippen molar-refractivity contribution in [2.75, 3.05) is 6.61 Å². The number of benzene rings is 1. The highest BCUT2D eigenvalue weighted by atomic mass is 32.1. The fourth-order valence-electron chi connectivity index (χ4n) is 3.00. The van der Waals surface area contributed by atoms with Gasteiger partial charge >= 0.3 is 0 Å². The van der Waals surface area contributed by atoms with Crippen LogP contribution >= 0.6 is 12.2 Å². The SMILES string of the molecule is Cc1ccc2c(c1)C=CC([C@@H]1O[C@H](CO)C(O)C1O)C2=S. The van der Waals surface area contributed by atoms with Gasteiger partial charge in [0, 0.05) is 10.8 Å². The van der Waals surface area contributed by atoms with E-state index in [2.05, 4.69) is 6.07 Å². The van der Waals surface area contributed by atoms with Gasteiger partial charge in [0.25, 0.3) is 0 Å². The van der Waals surface area contributed by atoms with Crippen molar-refractivity contribution in [1.82, 2.24) is 0 Å². The van der Waals surface area contributed by atoms with Crippen molar-refractivity contribution >= 4 is 23.2 Å². The molecule has 1 aliphatic carbocycles. The molecule has 1 aromatic rings. The normalized spacial score (nSPS) is 35.0. The number of fused-ring (bicyclic) bond motifs is 1. The third kappa shape index (κ3) is 2.45. The third-order valence-electron chi connectivity index (χ3n) is 4.19. The lowest BCUT2D eigenvalue weighted by Crippen LogP contribution is -2.39. The molecule has 4 nitrogen and oxygen atoms in total. The first kappa shape index (κ1) is 14.8. The highest BCUT2D eigenvalue weighted by molar-refractivity contribution is 7.81. The number of aliphatic hydroxyl groups is 3. The Labute approximate surface area is 128 Å². The molecule has 3 N–H and O–H groups in total. The van der Waals surface area contributed by atoms with Crippen LogP contribution < -0.4 is 0 Å². The molecule has 112 valence electrons. The highest BCUT2D eigenvalue weighted by Gasteiger charge is 2.46. The van der Waals surface area contributed by atoms with Crippen LogP contribution in [0, 0.1) is 12.8 Å². The quantitative estimate of drug-likeness (QED) is 0.706. The molecule has 0 amide bonds. The molecule has 0 radical (unpaired) electrons. The van der Waals surface area contributed by atoms with Crippen LogP contribution in [0.2, 0.25) is 0 Å². The van der Waals surface area contributed by atoms with Crippen molar-refractivity contribution in [1.29, 1.82) is 0 Å². The predicted molar refractivity (Wildman–Crippen MR) is 83.2 cm³/mol. The number of ether oxygens (including phenoxy) is 1. The lowest BCUT2D eigenvalue weighted by molar-refractivity contribution is -0.0268. The fourth-order valence-corrected chi connectivity index (χ4v) is 3.40.